The van der Waals surface area contributed by atoms with Gasteiger partial charge in [-0.25, -0.2) is 8.42 Å². The van der Waals surface area contributed by atoms with E-state index in [0.717, 1.165) is 0 Å². The molecule has 16 heavy (non-hydrogen) atoms. The number of rotatable bonds is 7. The van der Waals surface area contributed by atoms with E-state index in [-0.39, 0.29) is 5.75 Å². The van der Waals surface area contributed by atoms with E-state index in [2.05, 4.69) is 4.40 Å². The Balaban J connectivity index is 4.89. The topological polar surface area (TPSA) is 110 Å². The van der Waals surface area contributed by atoms with E-state index in [9.17, 15) is 13.5 Å². The maximum absolute atomic E-state index is 11.4. The number of hydrogen-bond acceptors (Lipinski definition) is 5. The van der Waals surface area contributed by atoms with Crippen LogP contribution >= 0.6 is 0 Å². The summed E-state index contributed by atoms with van der Waals surface area (Å²) in [5, 5.41) is 29.2. The van der Waals surface area contributed by atoms with Crippen LogP contribution in [0.15, 0.2) is 4.40 Å². The van der Waals surface area contributed by atoms with Gasteiger partial charge in [-0.05, 0) is 12.3 Å². The molecule has 7 heteroatoms. The second-order valence-corrected chi connectivity index (χ2v) is 5.67. The third-order valence-corrected chi connectivity index (χ3v) is 3.44. The van der Waals surface area contributed by atoms with E-state index in [1.54, 1.807) is 0 Å². The van der Waals surface area contributed by atoms with Gasteiger partial charge >= 0.3 is 0 Å². The average molecular weight is 252 g/mol. The summed E-state index contributed by atoms with van der Waals surface area (Å²) in [7, 11) is -3.79. The molecule has 0 fully saturated rings. The molecular formula is C9H18NO5S-. The first-order valence-corrected chi connectivity index (χ1v) is 6.64. The molecule has 0 aliphatic carbocycles. The highest BCUT2D eigenvalue weighted by molar-refractivity contribution is 7.90. The molecule has 0 aromatic rings. The van der Waals surface area contributed by atoms with Crippen LogP contribution < -0.4 is 5.11 Å². The Hall–Kier alpha value is -0.660. The van der Waals surface area contributed by atoms with Crippen LogP contribution in [0.4, 0.5) is 0 Å². The third kappa shape index (κ3) is 4.46. The zero-order chi connectivity index (χ0) is 12.8. The van der Waals surface area contributed by atoms with Crippen LogP contribution in [0.5, 0.6) is 0 Å². The van der Waals surface area contributed by atoms with Gasteiger partial charge in [0.05, 0.1) is 19.0 Å². The van der Waals surface area contributed by atoms with Crippen molar-refractivity contribution in [2.45, 2.75) is 26.7 Å². The predicted octanol–water partition coefficient (Wildman–Crippen LogP) is -1.13. The van der Waals surface area contributed by atoms with Gasteiger partial charge in [0, 0.05) is 5.41 Å². The summed E-state index contributed by atoms with van der Waals surface area (Å²) in [5.74, 6) is -1.20. The lowest BCUT2D eigenvalue weighted by Gasteiger charge is -2.30. The van der Waals surface area contributed by atoms with Gasteiger partial charge in [0.25, 0.3) is 10.0 Å². The van der Waals surface area contributed by atoms with Crippen molar-refractivity contribution >= 4 is 15.9 Å². The molecule has 0 saturated carbocycles. The molecule has 0 aliphatic rings. The van der Waals surface area contributed by atoms with Crippen molar-refractivity contribution < 1.29 is 23.7 Å². The van der Waals surface area contributed by atoms with E-state index in [1.807, 2.05) is 6.92 Å². The summed E-state index contributed by atoms with van der Waals surface area (Å²) in [6.45, 7) is 1.79. The maximum atomic E-state index is 11.4. The Morgan fingerprint density at radius 3 is 2.25 bits per heavy atom. The van der Waals surface area contributed by atoms with Crippen molar-refractivity contribution in [2.75, 3.05) is 19.0 Å². The van der Waals surface area contributed by atoms with Gasteiger partial charge in [-0.3, -0.25) is 0 Å². The Morgan fingerprint density at radius 2 is 1.88 bits per heavy atom. The molecule has 0 unspecified atom stereocenters. The summed E-state index contributed by atoms with van der Waals surface area (Å²) >= 11 is 0. The smallest absolute Gasteiger partial charge is 0.252 e. The van der Waals surface area contributed by atoms with E-state index in [4.69, 9.17) is 10.2 Å². The minimum absolute atomic E-state index is 0.192. The first kappa shape index (κ1) is 15.3. The molecule has 0 atom stereocenters. The summed E-state index contributed by atoms with van der Waals surface area (Å²) < 4.78 is 25.7. The van der Waals surface area contributed by atoms with Crippen LogP contribution in [-0.4, -0.2) is 43.5 Å². The highest BCUT2D eigenvalue weighted by Crippen LogP contribution is 2.15. The lowest BCUT2D eigenvalue weighted by atomic mass is 9.93. The highest BCUT2D eigenvalue weighted by atomic mass is 32.2. The Kier molecular flexibility index (Phi) is 5.91. The molecule has 0 aromatic carbocycles. The van der Waals surface area contributed by atoms with Crippen molar-refractivity contribution in [1.82, 2.24) is 0 Å². The molecule has 0 saturated heterocycles. The zero-order valence-corrected chi connectivity index (χ0v) is 10.3. The quantitative estimate of drug-likeness (QED) is 0.440. The van der Waals surface area contributed by atoms with Crippen molar-refractivity contribution in [3.63, 3.8) is 0 Å². The molecule has 96 valence electrons. The number of aliphatic hydroxyl groups is 2. The number of sulfonamides is 1. The molecule has 0 aliphatic heterocycles. The fourth-order valence-corrected chi connectivity index (χ4v) is 2.01. The largest absolute Gasteiger partial charge is 0.861 e. The normalized spacial score (nSPS) is 14.1. The van der Waals surface area contributed by atoms with Crippen LogP contribution in [0.2, 0.25) is 0 Å². The van der Waals surface area contributed by atoms with Crippen LogP contribution in [0, 0.1) is 5.41 Å². The monoisotopic (exact) mass is 252 g/mol. The van der Waals surface area contributed by atoms with E-state index in [1.165, 1.54) is 6.92 Å². The second kappa shape index (κ2) is 6.17. The fourth-order valence-electron chi connectivity index (χ4n) is 0.794. The van der Waals surface area contributed by atoms with Crippen molar-refractivity contribution in [1.29, 1.82) is 0 Å². The van der Waals surface area contributed by atoms with Crippen LogP contribution in [0.1, 0.15) is 26.7 Å². The molecule has 0 aromatic heterocycles. The predicted molar refractivity (Wildman–Crippen MR) is 58.4 cm³/mol. The Morgan fingerprint density at radius 1 is 1.38 bits per heavy atom. The van der Waals surface area contributed by atoms with Crippen LogP contribution in [0.25, 0.3) is 0 Å². The van der Waals surface area contributed by atoms with E-state index >= 15 is 0 Å². The van der Waals surface area contributed by atoms with Gasteiger partial charge in [0.1, 0.15) is 0 Å². The first-order valence-electron chi connectivity index (χ1n) is 5.03. The van der Waals surface area contributed by atoms with E-state index < -0.39 is 34.5 Å². The molecule has 0 bridgehead atoms. The van der Waals surface area contributed by atoms with Crippen LogP contribution in [-0.2, 0) is 10.0 Å². The standard InChI is InChI=1S/C9H19NO5S/c1-3-4-5-16(14,15)10-8(13)9(2,6-11)7-12/h11-12H,3-7H2,1-2H3,(H,10,13)/p-1. The second-order valence-electron chi connectivity index (χ2n) is 3.91. The highest BCUT2D eigenvalue weighted by Gasteiger charge is 2.24. The average Bonchev–Trinajstić information content (AvgIpc) is 2.24. The van der Waals surface area contributed by atoms with Gasteiger partial charge in [-0.1, -0.05) is 20.3 Å². The van der Waals surface area contributed by atoms with Crippen molar-refractivity contribution in [3.8, 4) is 0 Å². The van der Waals surface area contributed by atoms with Gasteiger partial charge < -0.3 is 15.3 Å². The molecule has 0 amide bonds. The number of hydrogen-bond donors (Lipinski definition) is 2. The van der Waals surface area contributed by atoms with Crippen LogP contribution in [0.3, 0.4) is 0 Å². The SMILES string of the molecule is CCCCS(=O)(=O)/N=C(\[O-])C(C)(CO)CO. The lowest BCUT2D eigenvalue weighted by molar-refractivity contribution is -0.233. The van der Waals surface area contributed by atoms with Gasteiger partial charge in [-0.15, -0.1) is 0 Å². The first-order chi connectivity index (χ1) is 7.31. The van der Waals surface area contributed by atoms with Crippen molar-refractivity contribution in [2.24, 2.45) is 9.81 Å². The van der Waals surface area contributed by atoms with Gasteiger partial charge in [-0.2, -0.15) is 4.40 Å². The number of nitrogens with zero attached hydrogens (tertiary/aromatic N) is 1. The molecule has 0 spiro atoms. The fraction of sp³-hybridized carbons (Fsp3) is 0.889. The molecular weight excluding hydrogens is 234 g/mol. The zero-order valence-electron chi connectivity index (χ0n) is 9.51. The minimum atomic E-state index is -3.79. The van der Waals surface area contributed by atoms with Crippen molar-refractivity contribution in [3.05, 3.63) is 0 Å². The summed E-state index contributed by atoms with van der Waals surface area (Å²) in [4.78, 5) is 0. The summed E-state index contributed by atoms with van der Waals surface area (Å²) in [5.41, 5.74) is -1.53. The molecule has 6 nitrogen and oxygen atoms in total. The van der Waals surface area contributed by atoms with Gasteiger partial charge in [0.2, 0.25) is 0 Å². The molecule has 0 heterocycles. The lowest BCUT2D eigenvalue weighted by Crippen LogP contribution is -2.43. The minimum Gasteiger partial charge on any atom is -0.861 e. The number of aliphatic hydroxyl groups excluding tert-OH is 2. The van der Waals surface area contributed by atoms with Gasteiger partial charge in [0.15, 0.2) is 0 Å². The number of unbranched alkanes of at least 4 members (excludes halogenated alkanes) is 1. The summed E-state index contributed by atoms with van der Waals surface area (Å²) in [6, 6.07) is 0. The molecule has 0 rings (SSSR count). The summed E-state index contributed by atoms with van der Waals surface area (Å²) in [6.07, 6.45) is 1.11. The third-order valence-electron chi connectivity index (χ3n) is 2.19. The van der Waals surface area contributed by atoms with E-state index in [0.29, 0.717) is 12.8 Å². The molecule has 0 radical (unpaired) electrons. The maximum Gasteiger partial charge on any atom is 0.252 e. The Bertz CT molecular complexity index is 332. The molecule has 2 N–H and O–H groups in total. The Labute approximate surface area is 95.7 Å².